The fourth-order valence-corrected chi connectivity index (χ4v) is 11.6. The van der Waals surface area contributed by atoms with Gasteiger partial charge in [-0.1, -0.05) is 0 Å². The average molecular weight is 1080 g/mol. The molecule has 0 atom stereocenters. The van der Waals surface area contributed by atoms with Gasteiger partial charge in [0.05, 0.1) is 14.5 Å². The number of thiazole rings is 1. The summed E-state index contributed by atoms with van der Waals surface area (Å²) in [6, 6.07) is 2.03. The minimum atomic E-state index is -4.35. The van der Waals surface area contributed by atoms with Crippen LogP contribution in [0.3, 0.4) is 0 Å². The number of aromatic nitrogens is 1. The van der Waals surface area contributed by atoms with Crippen LogP contribution in [0, 0.1) is 0 Å². The van der Waals surface area contributed by atoms with Crippen LogP contribution in [0.5, 0.6) is 0 Å². The smallest absolute Gasteiger partial charge is 0.224 e. The summed E-state index contributed by atoms with van der Waals surface area (Å²) >= 11 is 26.9. The Labute approximate surface area is 251 Å². The fraction of sp³-hybridized carbons (Fsp3) is 0.300. The van der Waals surface area contributed by atoms with Gasteiger partial charge in [0.1, 0.15) is 5.52 Å². The maximum Gasteiger partial charge on any atom is 0.241 e. The van der Waals surface area contributed by atoms with Crippen LogP contribution in [-0.2, 0) is 29.5 Å². The second-order valence-corrected chi connectivity index (χ2v) is 37.5. The molecule has 0 bridgehead atoms. The molecule has 1 heterocycles. The number of benzene rings is 1. The summed E-state index contributed by atoms with van der Waals surface area (Å²) in [6.45, 7) is 0. The van der Waals surface area contributed by atoms with Crippen molar-refractivity contribution in [1.82, 2.24) is 4.98 Å². The van der Waals surface area contributed by atoms with Gasteiger partial charge in [0.25, 0.3) is 0 Å². The lowest BCUT2D eigenvalue weighted by molar-refractivity contribution is 0.594. The van der Waals surface area contributed by atoms with Crippen LogP contribution in [0.2, 0.25) is 0 Å². The summed E-state index contributed by atoms with van der Waals surface area (Å²) in [6.07, 6.45) is 0. The highest BCUT2D eigenvalue weighted by atomic mass is 80.0. The maximum absolute atomic E-state index is 13.1. The lowest BCUT2D eigenvalue weighted by Crippen LogP contribution is -2.21. The van der Waals surface area contributed by atoms with Crippen molar-refractivity contribution in [2.45, 2.75) is 18.6 Å². The van der Waals surface area contributed by atoms with Crippen molar-refractivity contribution in [3.8, 4) is 0 Å². The number of nitrogens with zero attached hydrogens (tertiary/aromatic N) is 1. The number of fused-ring (bicyclic) bond motifs is 1. The van der Waals surface area contributed by atoms with Crippen LogP contribution >= 0.6 is 155 Å². The molecule has 0 amide bonds. The summed E-state index contributed by atoms with van der Waals surface area (Å²) in [5, 5.41) is 0. The van der Waals surface area contributed by atoms with Gasteiger partial charge in [0.15, 0.2) is 0 Å². The molecule has 170 valence electrons. The standard InChI is InChI=1S/C10H2Br9NO6S4/c11-8(12,13)28(21,22)3-1-4-6(5(2-3)29(23,24)9(14,15)16)20-7(27-4)30(25,26)10(17,18)19/h1-2H. The number of sulfone groups is 3. The number of hydrogen-bond acceptors (Lipinski definition) is 8. The molecule has 20 heteroatoms. The first-order valence-corrected chi connectivity index (χ1v) is 18.8. The van der Waals surface area contributed by atoms with Crippen molar-refractivity contribution in [3.63, 3.8) is 0 Å². The van der Waals surface area contributed by atoms with Crippen molar-refractivity contribution in [3.05, 3.63) is 12.1 Å². The van der Waals surface area contributed by atoms with Crippen LogP contribution in [0.1, 0.15) is 0 Å². The molecule has 0 saturated heterocycles. The Bertz CT molecular complexity index is 1330. The van der Waals surface area contributed by atoms with Crippen molar-refractivity contribution in [2.75, 3.05) is 0 Å². The summed E-state index contributed by atoms with van der Waals surface area (Å²) in [7, 11) is -12.7. The molecular formula is C10H2Br9NO6S4. The van der Waals surface area contributed by atoms with Gasteiger partial charge in [-0.15, -0.1) is 11.3 Å². The maximum atomic E-state index is 13.1. The Hall–Kier alpha value is 3.28. The number of halogens is 9. The number of rotatable bonds is 3. The third-order valence-corrected chi connectivity index (χ3v) is 20.5. The normalized spacial score (nSPS) is 15.0. The average Bonchev–Trinajstić information content (AvgIpc) is 2.94. The molecule has 30 heavy (non-hydrogen) atoms. The summed E-state index contributed by atoms with van der Waals surface area (Å²) in [4.78, 5) is 3.05. The Morgan fingerprint density at radius 2 is 1.10 bits per heavy atom. The van der Waals surface area contributed by atoms with E-state index in [1.165, 1.54) is 0 Å². The predicted molar refractivity (Wildman–Crippen MR) is 150 cm³/mol. The molecule has 1 aromatic carbocycles. The van der Waals surface area contributed by atoms with Crippen molar-refractivity contribution in [2.24, 2.45) is 0 Å². The third kappa shape index (κ3) is 5.49. The molecule has 0 saturated carbocycles. The van der Waals surface area contributed by atoms with Gasteiger partial charge in [0, 0.05) is 0 Å². The molecule has 0 N–H and O–H groups in total. The van der Waals surface area contributed by atoms with E-state index in [-0.39, 0.29) is 10.2 Å². The first-order chi connectivity index (χ1) is 13.0. The van der Waals surface area contributed by atoms with E-state index < -0.39 is 48.1 Å². The molecular weight excluding hydrogens is 1080 g/mol. The van der Waals surface area contributed by atoms with Gasteiger partial charge in [-0.05, 0) is 156 Å². The zero-order valence-corrected chi connectivity index (χ0v) is 30.6. The van der Waals surface area contributed by atoms with E-state index in [4.69, 9.17) is 0 Å². The van der Waals surface area contributed by atoms with Crippen molar-refractivity contribution >= 4 is 194 Å². The molecule has 2 rings (SSSR count). The van der Waals surface area contributed by atoms with E-state index in [2.05, 4.69) is 148 Å². The zero-order chi connectivity index (χ0) is 23.7. The third-order valence-electron chi connectivity index (χ3n) is 3.16. The molecule has 2 aromatic rings. The van der Waals surface area contributed by atoms with Crippen molar-refractivity contribution < 1.29 is 25.3 Å². The Morgan fingerprint density at radius 3 is 1.50 bits per heavy atom. The molecule has 0 aliphatic rings. The Morgan fingerprint density at radius 1 is 0.667 bits per heavy atom. The van der Waals surface area contributed by atoms with Crippen LogP contribution in [0.25, 0.3) is 10.2 Å². The predicted octanol–water partition coefficient (Wildman–Crippen LogP) is 7.01. The van der Waals surface area contributed by atoms with Gasteiger partial charge in [0.2, 0.25) is 38.3 Å². The number of alkyl halides is 9. The van der Waals surface area contributed by atoms with Crippen LogP contribution in [-0.4, -0.2) is 34.7 Å². The quantitative estimate of drug-likeness (QED) is 0.304. The SMILES string of the molecule is O=S(=O)(c1cc(S(=O)(=O)C(Br)(Br)Br)c2nc(S(=O)(=O)C(Br)(Br)Br)sc2c1)C(Br)(Br)Br. The van der Waals surface area contributed by atoms with Gasteiger partial charge < -0.3 is 0 Å². The van der Waals surface area contributed by atoms with Gasteiger partial charge in [-0.2, -0.15) is 0 Å². The monoisotopic (exact) mass is 1070 g/mol. The molecule has 0 fully saturated rings. The van der Waals surface area contributed by atoms with E-state index in [1.54, 1.807) is 0 Å². The first-order valence-electron chi connectivity index (χ1n) is 6.44. The highest BCUT2D eigenvalue weighted by Crippen LogP contribution is 2.50. The summed E-state index contributed by atoms with van der Waals surface area (Å²) in [5.74, 6) is 0. The Kier molecular flexibility index (Phi) is 9.15. The highest BCUT2D eigenvalue weighted by Gasteiger charge is 2.44. The molecule has 0 spiro atoms. The van der Waals surface area contributed by atoms with E-state index in [1.807, 2.05) is 0 Å². The molecule has 7 nitrogen and oxygen atoms in total. The summed E-state index contributed by atoms with van der Waals surface area (Å²) < 4.78 is 71.4. The summed E-state index contributed by atoms with van der Waals surface area (Å²) in [5.41, 5.74) is -0.221. The molecule has 0 unspecified atom stereocenters. The second-order valence-electron chi connectivity index (χ2n) is 5.10. The largest absolute Gasteiger partial charge is 0.241 e. The van der Waals surface area contributed by atoms with E-state index in [0.29, 0.717) is 11.3 Å². The van der Waals surface area contributed by atoms with Crippen LogP contribution < -0.4 is 0 Å². The molecule has 0 aliphatic carbocycles. The zero-order valence-electron chi connectivity index (χ0n) is 13.1. The van der Waals surface area contributed by atoms with Crippen LogP contribution in [0.15, 0.2) is 26.3 Å². The Balaban J connectivity index is 3.07. The lowest BCUT2D eigenvalue weighted by Gasteiger charge is -2.17. The topological polar surface area (TPSA) is 115 Å². The first kappa shape index (κ1) is 29.5. The second kappa shape index (κ2) is 9.30. The van der Waals surface area contributed by atoms with Gasteiger partial charge in [-0.3, -0.25) is 0 Å². The van der Waals surface area contributed by atoms with E-state index >= 15 is 0 Å². The van der Waals surface area contributed by atoms with Crippen molar-refractivity contribution in [1.29, 1.82) is 0 Å². The lowest BCUT2D eigenvalue weighted by atomic mass is 10.3. The van der Waals surface area contributed by atoms with Gasteiger partial charge >= 0.3 is 0 Å². The van der Waals surface area contributed by atoms with Gasteiger partial charge in [-0.25, -0.2) is 30.2 Å². The minimum Gasteiger partial charge on any atom is -0.224 e. The van der Waals surface area contributed by atoms with E-state index in [9.17, 15) is 25.3 Å². The molecule has 0 aliphatic heterocycles. The number of hydrogen-bond donors (Lipinski definition) is 0. The highest BCUT2D eigenvalue weighted by molar-refractivity contribution is 9.43. The van der Waals surface area contributed by atoms with E-state index in [0.717, 1.165) is 12.1 Å². The fourth-order valence-electron chi connectivity index (χ4n) is 1.79. The molecule has 0 radical (unpaired) electrons. The molecule has 1 aromatic heterocycles. The van der Waals surface area contributed by atoms with Crippen LogP contribution in [0.4, 0.5) is 0 Å². The minimum absolute atomic E-state index is 0.0125.